The number of carbonyl (C=O) groups is 5. The molecule has 5 N–H and O–H groups in total. The van der Waals surface area contributed by atoms with Crippen molar-refractivity contribution < 1.29 is 28.7 Å². The zero-order chi connectivity index (χ0) is 96.4. The summed E-state index contributed by atoms with van der Waals surface area (Å²) in [6.45, 7) is 39.2. The number of pyridine rings is 5. The molecule has 0 aromatic carbocycles. The van der Waals surface area contributed by atoms with Crippen molar-refractivity contribution >= 4 is 204 Å². The fraction of sp³-hybridized carbons (Fsp3) is 0.476. The summed E-state index contributed by atoms with van der Waals surface area (Å²) in [5.74, 6) is 2.34. The molecule has 0 radical (unpaired) electrons. The van der Waals surface area contributed by atoms with Crippen LogP contribution in [0.15, 0.2) is 48.9 Å². The number of Topliss-reactive ketones (excluding diaryl/α,β-unsaturated/α-hetero) is 3. The van der Waals surface area contributed by atoms with Crippen LogP contribution in [0.1, 0.15) is 252 Å². The molecule has 22 nitrogen and oxygen atoms in total. The first-order valence-corrected chi connectivity index (χ1v) is 56.7. The maximum Gasteiger partial charge on any atom is 0.221 e. The van der Waals surface area contributed by atoms with Gasteiger partial charge < -0.3 is 31.3 Å². The zero-order valence-corrected chi connectivity index (χ0v) is 89.9. The molecule has 2 atom stereocenters. The molecule has 0 bridgehead atoms. The van der Waals surface area contributed by atoms with Gasteiger partial charge in [-0.1, -0.05) is 60.3 Å². The number of thiazole rings is 5. The third-order valence-electron chi connectivity index (χ3n) is 26.0. The van der Waals surface area contributed by atoms with E-state index < -0.39 is 0 Å². The largest absolute Gasteiger partial charge is 0.385 e. The number of aryl methyl sites for hydroxylation is 8. The molecule has 15 aromatic heterocycles. The topological polar surface area (TPSA) is 287 Å². The second kappa shape index (κ2) is 46.5. The summed E-state index contributed by atoms with van der Waals surface area (Å²) in [5, 5.41) is 23.5. The monoisotopic (exact) mass is 2030 g/mol. The predicted octanol–water partition coefficient (Wildman–Crippen LogP) is 25.5. The van der Waals surface area contributed by atoms with Crippen LogP contribution in [0.2, 0.25) is 0 Å². The molecule has 19 heterocycles. The Bertz CT molecular complexity index is 6880. The first-order chi connectivity index (χ1) is 66.1. The Morgan fingerprint density at radius 2 is 0.898 bits per heavy atom. The van der Waals surface area contributed by atoms with Gasteiger partial charge in [-0.25, -0.2) is 24.9 Å². The first kappa shape index (κ1) is 101. The molecule has 32 heteroatoms. The molecule has 4 aliphatic heterocycles. The van der Waals surface area contributed by atoms with Gasteiger partial charge in [0.05, 0.1) is 52.5 Å². The molecule has 0 unspecified atom stereocenters. The van der Waals surface area contributed by atoms with Crippen molar-refractivity contribution in [3.63, 3.8) is 0 Å². The number of thiophene rings is 5. The van der Waals surface area contributed by atoms with Gasteiger partial charge in [0.2, 0.25) is 11.8 Å². The smallest absolute Gasteiger partial charge is 0.221 e. The third kappa shape index (κ3) is 24.1. The summed E-state index contributed by atoms with van der Waals surface area (Å²) in [6.07, 6.45) is 26.1. The molecule has 15 aromatic rings. The van der Waals surface area contributed by atoms with Crippen molar-refractivity contribution in [2.24, 2.45) is 11.8 Å². The Balaban J connectivity index is 0.000000124. The van der Waals surface area contributed by atoms with E-state index in [1.165, 1.54) is 122 Å². The summed E-state index contributed by atoms with van der Waals surface area (Å²) < 4.78 is 10.9. The minimum Gasteiger partial charge on any atom is -0.385 e. The van der Waals surface area contributed by atoms with Gasteiger partial charge in [0.15, 0.2) is 0 Å². The molecule has 0 fully saturated rings. The molecule has 5 aliphatic rings. The Hall–Kier alpha value is -8.55. The van der Waals surface area contributed by atoms with Crippen LogP contribution in [0, 0.1) is 60.3 Å². The number of ether oxygens (including phenoxy) is 1. The number of carbonyl (C=O) groups excluding carboxylic acids is 5. The average molecular weight is 2030 g/mol. The van der Waals surface area contributed by atoms with E-state index in [9.17, 15) is 24.0 Å². The third-order valence-corrected chi connectivity index (χ3v) is 37.4. The lowest BCUT2D eigenvalue weighted by molar-refractivity contribution is -0.119. The van der Waals surface area contributed by atoms with E-state index in [0.717, 1.165) is 261 Å². The van der Waals surface area contributed by atoms with E-state index in [2.05, 4.69) is 116 Å². The molecular weight excluding hydrogens is 1900 g/mol. The minimum absolute atomic E-state index is 0.0235. The number of aromatic nitrogens is 10. The molecule has 1 aliphatic carbocycles. The summed E-state index contributed by atoms with van der Waals surface area (Å²) in [5.41, 5.74) is 24.7. The zero-order valence-electron chi connectivity index (χ0n) is 81.7. The second-order valence-electron chi connectivity index (χ2n) is 37.1. The average Bonchev–Trinajstić information content (AvgIpc) is 1.67. The number of hydrogen-bond acceptors (Lipinski definition) is 30. The molecular formula is C105H126N16O6S10. The van der Waals surface area contributed by atoms with Gasteiger partial charge in [-0.15, -0.1) is 113 Å². The van der Waals surface area contributed by atoms with Gasteiger partial charge >= 0.3 is 0 Å². The van der Waals surface area contributed by atoms with E-state index in [-0.39, 0.29) is 11.8 Å². The van der Waals surface area contributed by atoms with Crippen LogP contribution in [-0.2, 0) is 106 Å². The number of hydrogen-bond donors (Lipinski definition) is 5. The van der Waals surface area contributed by atoms with Crippen molar-refractivity contribution in [2.45, 2.75) is 271 Å². The molecule has 2 amide bonds. The summed E-state index contributed by atoms with van der Waals surface area (Å²) in [4.78, 5) is 121. The highest BCUT2D eigenvalue weighted by atomic mass is 32.1. The van der Waals surface area contributed by atoms with Crippen LogP contribution >= 0.6 is 113 Å². The van der Waals surface area contributed by atoms with E-state index in [1.807, 2.05) is 89.5 Å². The Morgan fingerprint density at radius 1 is 0.460 bits per heavy atom. The lowest BCUT2D eigenvalue weighted by Gasteiger charge is -2.32. The highest BCUT2D eigenvalue weighted by Gasteiger charge is 2.35. The predicted molar refractivity (Wildman–Crippen MR) is 576 cm³/mol. The Kier molecular flexibility index (Phi) is 34.4. The van der Waals surface area contributed by atoms with E-state index in [1.54, 1.807) is 124 Å². The number of ketones is 3. The highest BCUT2D eigenvalue weighted by Crippen LogP contribution is 2.52. The van der Waals surface area contributed by atoms with Crippen molar-refractivity contribution in [1.29, 1.82) is 0 Å². The standard InChI is InChI=1S/C23H29N3O2S2.2C23H29N3OS2.C18H20N4OS2.C18H19N3OS2/c1-14-11-19-22(15(2)25-14)26-23(30-19)21-17-8-9-24-13-20(17)29-18(21)12-16(27)7-5-4-6-10-28-3;1-13(2)6-5-7-16(27)11-18-21(17-8-9-24-12-20(17)28-18)23-26-22-15(4)25-14(3)10-19(22)29-23;1-4-14(2)6-5-7-16(27)12-19-21(17-8-10-24-13-20(17)28-19)23-26-22-15(3)25-11-9-18(22)29-23;1-4-22-8-6-12-15(17(20-11(3)23)25-16(12)10(22)2)18-21-13-9-19-7-5-14(13)24-18;1-9-8-14-16(10(2)19-9)21-18(24-14)15-12-6-4-5-7-13(12)23-17(15)20-11(3)22/h11,24H,4-10,12-13H2,1-3H3;10,13,24H,5-9,11-12H2,1-4H3;9,11,14,24H,4-8,10,12-13H2,1-3H3;5,7,9-10H,4,6,8H2,1-3H3,(H,20,23);8H,4-7H2,1-3H3,(H,20,22)/t;;14-;10-;/m..01./s1. The molecule has 722 valence electrons. The molecule has 0 saturated carbocycles. The normalized spacial score (nSPS) is 14.8. The van der Waals surface area contributed by atoms with Crippen LogP contribution in [0.5, 0.6) is 0 Å². The van der Waals surface area contributed by atoms with Crippen LogP contribution in [0.4, 0.5) is 10.0 Å². The van der Waals surface area contributed by atoms with Crippen molar-refractivity contribution in [3.8, 4) is 52.9 Å². The lowest BCUT2D eigenvalue weighted by atomic mass is 9.96. The number of methoxy groups -OCH3 is 1. The van der Waals surface area contributed by atoms with E-state index in [0.29, 0.717) is 73.8 Å². The van der Waals surface area contributed by atoms with Crippen molar-refractivity contribution in [2.75, 3.05) is 57.1 Å². The van der Waals surface area contributed by atoms with Gasteiger partial charge in [-0.05, 0) is 229 Å². The summed E-state index contributed by atoms with van der Waals surface area (Å²) in [6, 6.07) is 10.8. The minimum atomic E-state index is -0.0392. The number of likely N-dealkylation sites (N-methyl/N-ethyl adjacent to an activating group) is 1. The summed E-state index contributed by atoms with van der Waals surface area (Å²) >= 11 is 17.4. The number of nitrogens with zero attached hydrogens (tertiary/aromatic N) is 11. The van der Waals surface area contributed by atoms with E-state index in [4.69, 9.17) is 29.7 Å². The van der Waals surface area contributed by atoms with Gasteiger partial charge in [-0.2, -0.15) is 0 Å². The van der Waals surface area contributed by atoms with Gasteiger partial charge in [-0.3, -0.25) is 53.8 Å². The maximum absolute atomic E-state index is 12.8. The number of fused-ring (bicyclic) bond motifs is 10. The van der Waals surface area contributed by atoms with Crippen LogP contribution in [-0.4, -0.2) is 130 Å². The van der Waals surface area contributed by atoms with Crippen LogP contribution < -0.4 is 26.6 Å². The lowest BCUT2D eigenvalue weighted by Crippen LogP contribution is -2.32. The summed E-state index contributed by atoms with van der Waals surface area (Å²) in [7, 11) is 1.72. The highest BCUT2D eigenvalue weighted by molar-refractivity contribution is 7.25. The Morgan fingerprint density at radius 3 is 1.37 bits per heavy atom. The quantitative estimate of drug-likeness (QED) is 0.0272. The van der Waals surface area contributed by atoms with Gasteiger partial charge in [0.1, 0.15) is 80.0 Å². The molecule has 0 saturated heterocycles. The number of anilines is 2. The SMILES string of the molecule is CC(=O)Nc1sc2c(c1-c1nc3c(C)nc(C)cc3s1)CCCC2.CCN1CCc2c(sc(NC(C)=O)c2-c2nc3cnccc3s2)[C@H]1C.CC[C@H](C)CCCC(=O)Cc1sc2c(c1-c1nc3c(C)nccc3s1)CCNC2.COCCCCCC(=O)Cc1sc2c(c1-c1nc3c(C)nc(C)cc3s1)CCNC2.Cc1cc2sc(-c3c(CC(=O)CCCC(C)C)sc4c3CCNC4)nc2c(C)n1. The van der Waals surface area contributed by atoms with Crippen molar-refractivity contribution in [1.82, 2.24) is 70.7 Å². The fourth-order valence-electron chi connectivity index (χ4n) is 19.0. The second-order valence-corrected chi connectivity index (χ2v) is 48.0. The molecule has 137 heavy (non-hydrogen) atoms. The van der Waals surface area contributed by atoms with Gasteiger partial charge in [0, 0.05) is 195 Å². The first-order valence-electron chi connectivity index (χ1n) is 48.5. The van der Waals surface area contributed by atoms with Crippen molar-refractivity contribution in [3.05, 3.63) is 156 Å². The van der Waals surface area contributed by atoms with Crippen LogP contribution in [0.25, 0.3) is 104 Å². The molecule has 0 spiro atoms. The number of amides is 2. The number of unbranched alkanes of at least 4 members (excludes halogenated alkanes) is 2. The molecule has 20 rings (SSSR count). The van der Waals surface area contributed by atoms with E-state index >= 15 is 0 Å². The maximum atomic E-state index is 12.8. The number of nitrogens with one attached hydrogen (secondary N) is 5. The van der Waals surface area contributed by atoms with Gasteiger partial charge in [0.25, 0.3) is 0 Å². The van der Waals surface area contributed by atoms with Crippen LogP contribution in [0.3, 0.4) is 0 Å². The Labute approximate surface area is 843 Å². The fourth-order valence-corrected chi connectivity index (χ4v) is 31.9. The number of rotatable bonds is 29.